The van der Waals surface area contributed by atoms with Gasteiger partial charge in [-0.05, 0) is 111 Å². The number of nitrogens with two attached hydrogens (primary N) is 1. The number of ether oxygens (including phenoxy) is 2. The molecule has 4 rings (SSSR count). The molecule has 0 radical (unpaired) electrons. The standard InChI is InChI=1S/C14H13Br2FN2O.C8H11NO.C6H3Br3FN/c1-20-10-4-2-9(3-5-10)7-18-8-13-11(15)6-12(16)14(17)19-13;1-10-8-4-2-7(6-9)3-5-8;7-2-5-3(8)1-4(9)6(10)11-5/h2-6,18H,7-8H2,1H3;2-5H,6,9H2,1H3;1H,2H2. The number of methoxy groups -OCH3 is 2. The molecule has 2 aromatic carbocycles. The average Bonchev–Trinajstić information content (AvgIpc) is 2.98. The van der Waals surface area contributed by atoms with E-state index in [2.05, 4.69) is 94.9 Å². The lowest BCUT2D eigenvalue weighted by Gasteiger charge is -2.08. The molecule has 0 spiro atoms. The normalized spacial score (nSPS) is 10.2. The summed E-state index contributed by atoms with van der Waals surface area (Å²) in [5.41, 5.74) is 8.95. The molecule has 0 aliphatic rings. The van der Waals surface area contributed by atoms with E-state index in [9.17, 15) is 8.78 Å². The van der Waals surface area contributed by atoms with Gasteiger partial charge in [0.15, 0.2) is 0 Å². The zero-order chi connectivity index (χ0) is 30.4. The van der Waals surface area contributed by atoms with E-state index in [0.717, 1.165) is 31.6 Å². The molecule has 0 saturated heterocycles. The van der Waals surface area contributed by atoms with Crippen molar-refractivity contribution in [3.63, 3.8) is 0 Å². The minimum atomic E-state index is -0.505. The second-order valence-electron chi connectivity index (χ2n) is 8.02. The number of rotatable bonds is 8. The molecular weight excluding hydrogens is 862 g/mol. The quantitative estimate of drug-likeness (QED) is 0.136. The molecule has 0 saturated carbocycles. The molecule has 220 valence electrons. The lowest BCUT2D eigenvalue weighted by Crippen LogP contribution is -2.14. The van der Waals surface area contributed by atoms with Crippen molar-refractivity contribution in [2.24, 2.45) is 5.73 Å². The van der Waals surface area contributed by atoms with Crippen LogP contribution in [0.25, 0.3) is 0 Å². The fourth-order valence-corrected chi connectivity index (χ4v) is 5.98. The van der Waals surface area contributed by atoms with Crippen LogP contribution in [0.3, 0.4) is 0 Å². The van der Waals surface area contributed by atoms with Gasteiger partial charge in [-0.3, -0.25) is 0 Å². The third-order valence-corrected chi connectivity index (χ3v) is 8.24. The molecule has 0 fully saturated rings. The fraction of sp³-hybridized carbons (Fsp3) is 0.214. The van der Waals surface area contributed by atoms with Gasteiger partial charge in [-0.1, -0.05) is 40.2 Å². The van der Waals surface area contributed by atoms with E-state index >= 15 is 0 Å². The first-order valence-corrected chi connectivity index (χ1v) is 16.1. The van der Waals surface area contributed by atoms with Gasteiger partial charge in [-0.2, -0.15) is 8.78 Å². The van der Waals surface area contributed by atoms with Crippen LogP contribution in [0.4, 0.5) is 8.78 Å². The predicted molar refractivity (Wildman–Crippen MR) is 176 cm³/mol. The zero-order valence-electron chi connectivity index (χ0n) is 22.0. The summed E-state index contributed by atoms with van der Waals surface area (Å²) in [7, 11) is 3.29. The Labute approximate surface area is 280 Å². The molecule has 4 aromatic rings. The molecule has 0 atom stereocenters. The van der Waals surface area contributed by atoms with Crippen molar-refractivity contribution in [2.45, 2.75) is 25.0 Å². The molecule has 13 heteroatoms. The van der Waals surface area contributed by atoms with Gasteiger partial charge in [0.2, 0.25) is 11.9 Å². The molecule has 2 aromatic heterocycles. The summed E-state index contributed by atoms with van der Waals surface area (Å²) in [5.74, 6) is 0.711. The molecular formula is C28H27Br5F2N4O2. The van der Waals surface area contributed by atoms with Crippen LogP contribution < -0.4 is 20.5 Å². The maximum atomic E-state index is 13.4. The lowest BCUT2D eigenvalue weighted by atomic mass is 10.2. The Morgan fingerprint density at radius 3 is 1.56 bits per heavy atom. The first-order chi connectivity index (χ1) is 19.6. The molecule has 0 unspecified atom stereocenters. The van der Waals surface area contributed by atoms with Gasteiger partial charge in [-0.15, -0.1) is 0 Å². The summed E-state index contributed by atoms with van der Waals surface area (Å²) >= 11 is 15.9. The SMILES string of the molecule is COc1ccc(CN)cc1.COc1ccc(CNCc2nc(F)c(Br)cc2Br)cc1.Fc1nc(CBr)c(Br)cc1Br. The van der Waals surface area contributed by atoms with Crippen molar-refractivity contribution in [3.05, 3.63) is 113 Å². The third kappa shape index (κ3) is 12.3. The second kappa shape index (κ2) is 18.9. The van der Waals surface area contributed by atoms with Crippen molar-refractivity contribution in [2.75, 3.05) is 14.2 Å². The topological polar surface area (TPSA) is 82.3 Å². The third-order valence-electron chi connectivity index (χ3n) is 5.22. The van der Waals surface area contributed by atoms with E-state index in [1.165, 1.54) is 0 Å². The number of nitrogens with zero attached hydrogens (tertiary/aromatic N) is 2. The Morgan fingerprint density at radius 2 is 1.12 bits per heavy atom. The van der Waals surface area contributed by atoms with Gasteiger partial charge in [0, 0.05) is 33.9 Å². The summed E-state index contributed by atoms with van der Waals surface area (Å²) in [5, 5.41) is 3.77. The number of nitrogens with one attached hydrogen (secondary N) is 1. The highest BCUT2D eigenvalue weighted by atomic mass is 79.9. The summed E-state index contributed by atoms with van der Waals surface area (Å²) in [4.78, 5) is 7.57. The molecule has 0 aliphatic heterocycles. The van der Waals surface area contributed by atoms with Gasteiger partial charge in [-0.25, -0.2) is 9.97 Å². The highest BCUT2D eigenvalue weighted by Gasteiger charge is 2.08. The van der Waals surface area contributed by atoms with Crippen molar-refractivity contribution >= 4 is 79.6 Å². The summed E-state index contributed by atoms with van der Waals surface area (Å²) in [6, 6.07) is 18.8. The smallest absolute Gasteiger partial charge is 0.227 e. The minimum Gasteiger partial charge on any atom is -0.497 e. The van der Waals surface area contributed by atoms with Crippen LogP contribution in [0.2, 0.25) is 0 Å². The van der Waals surface area contributed by atoms with Crippen molar-refractivity contribution in [1.82, 2.24) is 15.3 Å². The Balaban J connectivity index is 0.000000236. The Hall–Kier alpha value is -1.48. The summed E-state index contributed by atoms with van der Waals surface area (Å²) in [6.07, 6.45) is 0. The molecule has 41 heavy (non-hydrogen) atoms. The Morgan fingerprint density at radius 1 is 0.683 bits per heavy atom. The monoisotopic (exact) mass is 884 g/mol. The Kier molecular flexibility index (Phi) is 16.5. The maximum absolute atomic E-state index is 13.4. The van der Waals surface area contributed by atoms with Crippen LogP contribution in [0, 0.1) is 11.9 Å². The highest BCUT2D eigenvalue weighted by molar-refractivity contribution is 9.11. The predicted octanol–water partition coefficient (Wildman–Crippen LogP) is 8.84. The largest absolute Gasteiger partial charge is 0.497 e. The highest BCUT2D eigenvalue weighted by Crippen LogP contribution is 2.24. The number of hydrogen-bond donors (Lipinski definition) is 2. The summed E-state index contributed by atoms with van der Waals surface area (Å²) < 4.78 is 38.5. The molecule has 0 aliphatic carbocycles. The fourth-order valence-electron chi connectivity index (χ4n) is 3.01. The Bertz CT molecular complexity index is 1360. The molecule has 2 heterocycles. The van der Waals surface area contributed by atoms with E-state index in [-0.39, 0.29) is 0 Å². The number of halogens is 7. The van der Waals surface area contributed by atoms with Crippen molar-refractivity contribution < 1.29 is 18.3 Å². The molecule has 6 nitrogen and oxygen atoms in total. The van der Waals surface area contributed by atoms with E-state index in [0.29, 0.717) is 45.3 Å². The molecule has 0 bridgehead atoms. The first kappa shape index (κ1) is 35.7. The van der Waals surface area contributed by atoms with Gasteiger partial charge < -0.3 is 20.5 Å². The average molecular weight is 889 g/mol. The lowest BCUT2D eigenvalue weighted by molar-refractivity contribution is 0.414. The van der Waals surface area contributed by atoms with E-state index in [1.807, 2.05) is 48.5 Å². The van der Waals surface area contributed by atoms with Crippen LogP contribution in [-0.4, -0.2) is 24.2 Å². The van der Waals surface area contributed by atoms with E-state index in [4.69, 9.17) is 15.2 Å². The first-order valence-electron chi connectivity index (χ1n) is 11.8. The summed E-state index contributed by atoms with van der Waals surface area (Å²) in [6.45, 7) is 1.75. The van der Waals surface area contributed by atoms with E-state index < -0.39 is 11.9 Å². The number of pyridine rings is 2. The van der Waals surface area contributed by atoms with Crippen LogP contribution in [-0.2, 0) is 25.0 Å². The van der Waals surface area contributed by atoms with Crippen molar-refractivity contribution in [1.29, 1.82) is 0 Å². The second-order valence-corrected chi connectivity index (χ2v) is 12.0. The van der Waals surface area contributed by atoms with Gasteiger partial charge in [0.1, 0.15) is 11.5 Å². The number of hydrogen-bond acceptors (Lipinski definition) is 6. The van der Waals surface area contributed by atoms with Crippen LogP contribution >= 0.6 is 79.6 Å². The number of alkyl halides is 1. The molecule has 0 amide bonds. The number of benzene rings is 2. The minimum absolute atomic E-state index is 0.350. The molecule has 3 N–H and O–H groups in total. The maximum Gasteiger partial charge on any atom is 0.227 e. The van der Waals surface area contributed by atoms with Gasteiger partial charge >= 0.3 is 0 Å². The number of aromatic nitrogens is 2. The van der Waals surface area contributed by atoms with Crippen LogP contribution in [0.1, 0.15) is 22.5 Å². The zero-order valence-corrected chi connectivity index (χ0v) is 30.0. The van der Waals surface area contributed by atoms with E-state index in [1.54, 1.807) is 26.4 Å². The van der Waals surface area contributed by atoms with Gasteiger partial charge in [0.05, 0.1) is 34.6 Å². The van der Waals surface area contributed by atoms with Crippen LogP contribution in [0.15, 0.2) is 78.6 Å². The van der Waals surface area contributed by atoms with Crippen LogP contribution in [0.5, 0.6) is 11.5 Å². The van der Waals surface area contributed by atoms with Gasteiger partial charge in [0.25, 0.3) is 0 Å². The van der Waals surface area contributed by atoms with Crippen molar-refractivity contribution in [3.8, 4) is 11.5 Å².